The zero-order valence-electron chi connectivity index (χ0n) is 20.5. The second kappa shape index (κ2) is 10.3. The standard InChI is InChI=1S/C28H36FN5O/c1-2-27(35)33-17-11-28(12-18-33)9-15-32(16-10-28)25-8-13-30-26(20-25)31-23-6-4-14-34(21-23)24-7-3-5-22(29)19-24/h2-3,5,7-8,13,19-20,23H,1,4,6,9-12,14-18,21H2,(H,30,31)/t23-/m1/s1. The quantitative estimate of drug-likeness (QED) is 0.633. The lowest BCUT2D eigenvalue weighted by atomic mass is 9.71. The van der Waals surface area contributed by atoms with Crippen molar-refractivity contribution >= 4 is 23.1 Å². The van der Waals surface area contributed by atoms with Crippen LogP contribution in [-0.4, -0.2) is 61.1 Å². The molecule has 35 heavy (non-hydrogen) atoms. The second-order valence-electron chi connectivity index (χ2n) is 10.3. The Kier molecular flexibility index (Phi) is 6.93. The predicted molar refractivity (Wildman–Crippen MR) is 139 cm³/mol. The lowest BCUT2D eigenvalue weighted by molar-refractivity contribution is -0.128. The number of hydrogen-bond acceptors (Lipinski definition) is 5. The van der Waals surface area contributed by atoms with Gasteiger partial charge in [-0.3, -0.25) is 4.79 Å². The minimum atomic E-state index is -0.189. The lowest BCUT2D eigenvalue weighted by Gasteiger charge is -2.47. The van der Waals surface area contributed by atoms with Crippen molar-refractivity contribution in [1.29, 1.82) is 0 Å². The van der Waals surface area contributed by atoms with Crippen molar-refractivity contribution in [3.8, 4) is 0 Å². The molecule has 0 aliphatic carbocycles. The van der Waals surface area contributed by atoms with Gasteiger partial charge in [0.1, 0.15) is 11.6 Å². The second-order valence-corrected chi connectivity index (χ2v) is 10.3. The highest BCUT2D eigenvalue weighted by atomic mass is 19.1. The van der Waals surface area contributed by atoms with Crippen LogP contribution in [0.1, 0.15) is 38.5 Å². The molecule has 1 aromatic carbocycles. The van der Waals surface area contributed by atoms with E-state index in [1.807, 2.05) is 17.2 Å². The van der Waals surface area contributed by atoms with Gasteiger partial charge in [-0.05, 0) is 74.3 Å². The Labute approximate surface area is 207 Å². The maximum absolute atomic E-state index is 13.7. The van der Waals surface area contributed by atoms with Crippen LogP contribution in [0.2, 0.25) is 0 Å². The summed E-state index contributed by atoms with van der Waals surface area (Å²) in [6, 6.07) is 11.4. The fourth-order valence-corrected chi connectivity index (χ4v) is 5.98. The van der Waals surface area contributed by atoms with E-state index in [1.54, 1.807) is 12.1 Å². The topological polar surface area (TPSA) is 51.7 Å². The molecule has 0 unspecified atom stereocenters. The number of pyridine rings is 1. The molecule has 4 heterocycles. The van der Waals surface area contributed by atoms with Gasteiger partial charge in [-0.1, -0.05) is 12.6 Å². The van der Waals surface area contributed by atoms with Gasteiger partial charge in [0.05, 0.1) is 0 Å². The van der Waals surface area contributed by atoms with Gasteiger partial charge in [0, 0.05) is 68.9 Å². The number of halogens is 1. The molecule has 2 aromatic rings. The van der Waals surface area contributed by atoms with Crippen LogP contribution in [0.15, 0.2) is 55.3 Å². The van der Waals surface area contributed by atoms with Gasteiger partial charge in [0.25, 0.3) is 0 Å². The molecular formula is C28H36FN5O. The van der Waals surface area contributed by atoms with Crippen molar-refractivity contribution < 1.29 is 9.18 Å². The molecule has 0 radical (unpaired) electrons. The SMILES string of the molecule is C=CC(=O)N1CCC2(CC1)CCN(c1ccnc(N[C@@H]3CCCN(c4cccc(F)c4)C3)c1)CC2. The third-order valence-electron chi connectivity index (χ3n) is 8.19. The molecule has 3 fully saturated rings. The molecule has 1 amide bonds. The average Bonchev–Trinajstić information content (AvgIpc) is 2.89. The number of rotatable bonds is 5. The van der Waals surface area contributed by atoms with E-state index < -0.39 is 0 Å². The number of carbonyl (C=O) groups is 1. The third kappa shape index (κ3) is 5.44. The smallest absolute Gasteiger partial charge is 0.245 e. The van der Waals surface area contributed by atoms with Crippen LogP contribution >= 0.6 is 0 Å². The van der Waals surface area contributed by atoms with E-state index in [-0.39, 0.29) is 17.8 Å². The van der Waals surface area contributed by atoms with E-state index in [4.69, 9.17) is 0 Å². The Morgan fingerprint density at radius 2 is 1.77 bits per heavy atom. The van der Waals surface area contributed by atoms with E-state index in [2.05, 4.69) is 38.8 Å². The third-order valence-corrected chi connectivity index (χ3v) is 8.19. The summed E-state index contributed by atoms with van der Waals surface area (Å²) in [6.45, 7) is 9.19. The zero-order chi connectivity index (χ0) is 24.3. The molecule has 1 N–H and O–H groups in total. The number of amides is 1. The molecule has 3 aliphatic heterocycles. The highest BCUT2D eigenvalue weighted by Gasteiger charge is 2.38. The Morgan fingerprint density at radius 1 is 1.03 bits per heavy atom. The first-order valence-corrected chi connectivity index (χ1v) is 12.9. The number of hydrogen-bond donors (Lipinski definition) is 1. The molecule has 0 saturated carbocycles. The van der Waals surface area contributed by atoms with Gasteiger partial charge in [-0.15, -0.1) is 0 Å². The minimum Gasteiger partial charge on any atom is -0.371 e. The fourth-order valence-electron chi connectivity index (χ4n) is 5.98. The fraction of sp³-hybridized carbons (Fsp3) is 0.500. The van der Waals surface area contributed by atoms with Gasteiger partial charge < -0.3 is 20.0 Å². The number of aromatic nitrogens is 1. The summed E-state index contributed by atoms with van der Waals surface area (Å²) in [6.07, 6.45) is 9.99. The molecule has 7 heteroatoms. The van der Waals surface area contributed by atoms with E-state index >= 15 is 0 Å². The highest BCUT2D eigenvalue weighted by molar-refractivity contribution is 5.87. The van der Waals surface area contributed by atoms with Crippen LogP contribution in [0.3, 0.4) is 0 Å². The Bertz CT molecular complexity index is 1040. The summed E-state index contributed by atoms with van der Waals surface area (Å²) in [5.74, 6) is 0.780. The molecule has 5 rings (SSSR count). The molecule has 0 bridgehead atoms. The van der Waals surface area contributed by atoms with Crippen LogP contribution in [-0.2, 0) is 4.79 Å². The maximum Gasteiger partial charge on any atom is 0.245 e. The number of nitrogens with one attached hydrogen (secondary N) is 1. The number of piperidine rings is 3. The van der Waals surface area contributed by atoms with Crippen molar-refractivity contribution in [3.63, 3.8) is 0 Å². The van der Waals surface area contributed by atoms with E-state index in [0.29, 0.717) is 5.41 Å². The largest absolute Gasteiger partial charge is 0.371 e. The molecule has 6 nitrogen and oxygen atoms in total. The number of benzene rings is 1. The van der Waals surface area contributed by atoms with Gasteiger partial charge >= 0.3 is 0 Å². The summed E-state index contributed by atoms with van der Waals surface area (Å²) < 4.78 is 13.7. The average molecular weight is 478 g/mol. The zero-order valence-corrected chi connectivity index (χ0v) is 20.5. The molecule has 1 atom stereocenters. The predicted octanol–water partition coefficient (Wildman–Crippen LogP) is 4.70. The van der Waals surface area contributed by atoms with Gasteiger partial charge in [-0.25, -0.2) is 9.37 Å². The first kappa shape index (κ1) is 23.6. The summed E-state index contributed by atoms with van der Waals surface area (Å²) in [4.78, 5) is 23.2. The van der Waals surface area contributed by atoms with E-state index in [0.717, 1.165) is 76.5 Å². The van der Waals surface area contributed by atoms with Crippen LogP contribution in [0.5, 0.6) is 0 Å². The normalized spacial score (nSPS) is 22.2. The number of likely N-dealkylation sites (tertiary alicyclic amines) is 1. The first-order valence-electron chi connectivity index (χ1n) is 12.9. The van der Waals surface area contributed by atoms with Crippen LogP contribution in [0.4, 0.5) is 21.6 Å². The Balaban J connectivity index is 1.16. The van der Waals surface area contributed by atoms with E-state index in [9.17, 15) is 9.18 Å². The van der Waals surface area contributed by atoms with Crippen molar-refractivity contribution in [2.24, 2.45) is 5.41 Å². The van der Waals surface area contributed by atoms with Gasteiger partial charge in [-0.2, -0.15) is 0 Å². The van der Waals surface area contributed by atoms with Gasteiger partial charge in [0.2, 0.25) is 5.91 Å². The first-order chi connectivity index (χ1) is 17.0. The van der Waals surface area contributed by atoms with Crippen LogP contribution in [0.25, 0.3) is 0 Å². The summed E-state index contributed by atoms with van der Waals surface area (Å²) in [7, 11) is 0. The van der Waals surface area contributed by atoms with Crippen LogP contribution < -0.4 is 15.1 Å². The number of carbonyl (C=O) groups excluding carboxylic acids is 1. The Hall–Kier alpha value is -3.09. The number of anilines is 3. The minimum absolute atomic E-state index is 0.0612. The van der Waals surface area contributed by atoms with Crippen molar-refractivity contribution in [3.05, 3.63) is 61.1 Å². The summed E-state index contributed by atoms with van der Waals surface area (Å²) in [5, 5.41) is 3.63. The van der Waals surface area contributed by atoms with Crippen molar-refractivity contribution in [2.45, 2.75) is 44.6 Å². The van der Waals surface area contributed by atoms with Gasteiger partial charge in [0.15, 0.2) is 0 Å². The monoisotopic (exact) mass is 477 g/mol. The Morgan fingerprint density at radius 3 is 2.51 bits per heavy atom. The molecular weight excluding hydrogens is 441 g/mol. The van der Waals surface area contributed by atoms with Crippen LogP contribution in [0, 0.1) is 11.2 Å². The van der Waals surface area contributed by atoms with E-state index in [1.165, 1.54) is 30.7 Å². The lowest BCUT2D eigenvalue weighted by Crippen LogP contribution is -2.48. The molecule has 1 spiro atoms. The highest BCUT2D eigenvalue weighted by Crippen LogP contribution is 2.42. The summed E-state index contributed by atoms with van der Waals surface area (Å²) >= 11 is 0. The molecule has 3 aliphatic rings. The summed E-state index contributed by atoms with van der Waals surface area (Å²) in [5.41, 5.74) is 2.53. The molecule has 3 saturated heterocycles. The maximum atomic E-state index is 13.7. The van der Waals surface area contributed by atoms with Crippen molar-refractivity contribution in [1.82, 2.24) is 9.88 Å². The number of nitrogens with zero attached hydrogens (tertiary/aromatic N) is 4. The van der Waals surface area contributed by atoms with Crippen molar-refractivity contribution in [2.75, 3.05) is 54.4 Å². The molecule has 1 aromatic heterocycles. The molecule has 186 valence electrons.